The van der Waals surface area contributed by atoms with Crippen LogP contribution < -0.4 is 4.74 Å². The van der Waals surface area contributed by atoms with Crippen molar-refractivity contribution in [3.05, 3.63) is 29.8 Å². The Morgan fingerprint density at radius 1 is 1.37 bits per heavy atom. The number of carbonyl (C=O) groups excluding carboxylic acids is 1. The summed E-state index contributed by atoms with van der Waals surface area (Å²) in [6.45, 7) is 5.16. The number of likely N-dealkylation sites (tertiary alicyclic amines) is 1. The molecule has 1 aromatic rings. The fourth-order valence-corrected chi connectivity index (χ4v) is 3.62. The Bertz CT molecular complexity index is 607. The molecule has 1 saturated heterocycles. The Balaban J connectivity index is 1.84. The SMILES string of the molecule is CCN(CC1CCCN(CCc2cccc(OC)c2)C1)C(=O)CC(F)(F)F. The van der Waals surface area contributed by atoms with Gasteiger partial charge in [-0.15, -0.1) is 0 Å². The van der Waals surface area contributed by atoms with E-state index >= 15 is 0 Å². The number of amides is 1. The lowest BCUT2D eigenvalue weighted by Gasteiger charge is -2.35. The Kier molecular flexibility index (Phi) is 7.95. The number of halogens is 3. The molecule has 0 aromatic heterocycles. The largest absolute Gasteiger partial charge is 0.497 e. The third kappa shape index (κ3) is 7.40. The lowest BCUT2D eigenvalue weighted by atomic mass is 9.96. The predicted octanol–water partition coefficient (Wildman–Crippen LogP) is 3.75. The van der Waals surface area contributed by atoms with Crippen LogP contribution in [0.1, 0.15) is 31.7 Å². The van der Waals surface area contributed by atoms with Crippen LogP contribution in [0.15, 0.2) is 24.3 Å². The smallest absolute Gasteiger partial charge is 0.397 e. The minimum absolute atomic E-state index is 0.223. The normalized spacial score (nSPS) is 18.3. The van der Waals surface area contributed by atoms with Gasteiger partial charge < -0.3 is 14.5 Å². The van der Waals surface area contributed by atoms with Gasteiger partial charge in [0.1, 0.15) is 12.2 Å². The number of methoxy groups -OCH3 is 1. The molecule has 1 amide bonds. The molecule has 1 aromatic carbocycles. The molecular weight excluding hydrogens is 357 g/mol. The number of hydrogen-bond acceptors (Lipinski definition) is 3. The molecule has 1 heterocycles. The Morgan fingerprint density at radius 2 is 2.15 bits per heavy atom. The van der Waals surface area contributed by atoms with E-state index in [1.54, 1.807) is 14.0 Å². The number of nitrogens with zero attached hydrogens (tertiary/aromatic N) is 2. The topological polar surface area (TPSA) is 32.8 Å². The molecule has 0 radical (unpaired) electrons. The molecule has 27 heavy (non-hydrogen) atoms. The molecular formula is C20H29F3N2O2. The van der Waals surface area contributed by atoms with Crippen LogP contribution in [0, 0.1) is 5.92 Å². The van der Waals surface area contributed by atoms with Gasteiger partial charge in [0.15, 0.2) is 0 Å². The van der Waals surface area contributed by atoms with Crippen LogP contribution in [0.3, 0.4) is 0 Å². The summed E-state index contributed by atoms with van der Waals surface area (Å²) < 4.78 is 42.7. The van der Waals surface area contributed by atoms with Gasteiger partial charge in [-0.1, -0.05) is 12.1 Å². The predicted molar refractivity (Wildman–Crippen MR) is 98.8 cm³/mol. The molecule has 0 aliphatic carbocycles. The minimum Gasteiger partial charge on any atom is -0.497 e. The van der Waals surface area contributed by atoms with Gasteiger partial charge in [0.25, 0.3) is 0 Å². The number of hydrogen-bond donors (Lipinski definition) is 0. The molecule has 152 valence electrons. The fourth-order valence-electron chi connectivity index (χ4n) is 3.62. The van der Waals surface area contributed by atoms with Gasteiger partial charge in [-0.05, 0) is 56.3 Å². The Labute approximate surface area is 159 Å². The second-order valence-electron chi connectivity index (χ2n) is 7.13. The standard InChI is InChI=1S/C20H29F3N2O2/c1-3-25(19(26)13-20(21,22)23)15-17-7-5-10-24(14-17)11-9-16-6-4-8-18(12-16)27-2/h4,6,8,12,17H,3,5,7,9-11,13-15H2,1-2H3. The van der Waals surface area contributed by atoms with E-state index in [1.807, 2.05) is 18.2 Å². The van der Waals surface area contributed by atoms with Gasteiger partial charge >= 0.3 is 6.18 Å². The van der Waals surface area contributed by atoms with Crippen LogP contribution >= 0.6 is 0 Å². The highest BCUT2D eigenvalue weighted by molar-refractivity contribution is 5.76. The average Bonchev–Trinajstić information content (AvgIpc) is 2.63. The van der Waals surface area contributed by atoms with Gasteiger partial charge in [-0.2, -0.15) is 13.2 Å². The summed E-state index contributed by atoms with van der Waals surface area (Å²) in [5, 5.41) is 0. The summed E-state index contributed by atoms with van der Waals surface area (Å²) in [6, 6.07) is 7.98. The molecule has 1 unspecified atom stereocenters. The molecule has 0 saturated carbocycles. The zero-order chi connectivity index (χ0) is 19.9. The minimum atomic E-state index is -4.44. The van der Waals surface area contributed by atoms with Crippen LogP contribution in [0.5, 0.6) is 5.75 Å². The van der Waals surface area contributed by atoms with Gasteiger partial charge in [0.05, 0.1) is 7.11 Å². The Hall–Kier alpha value is -1.76. The first-order valence-corrected chi connectivity index (χ1v) is 9.50. The fraction of sp³-hybridized carbons (Fsp3) is 0.650. The van der Waals surface area contributed by atoms with Crippen molar-refractivity contribution in [2.24, 2.45) is 5.92 Å². The second-order valence-corrected chi connectivity index (χ2v) is 7.13. The van der Waals surface area contributed by atoms with Gasteiger partial charge in [0.2, 0.25) is 5.91 Å². The van der Waals surface area contributed by atoms with E-state index in [0.29, 0.717) is 13.1 Å². The van der Waals surface area contributed by atoms with Crippen molar-refractivity contribution in [2.45, 2.75) is 38.8 Å². The summed E-state index contributed by atoms with van der Waals surface area (Å²) in [5.74, 6) is 0.241. The average molecular weight is 386 g/mol. The number of piperidine rings is 1. The number of alkyl halides is 3. The van der Waals surface area contributed by atoms with Crippen molar-refractivity contribution in [3.8, 4) is 5.75 Å². The maximum absolute atomic E-state index is 12.5. The van der Waals surface area contributed by atoms with Gasteiger partial charge in [-0.25, -0.2) is 0 Å². The highest BCUT2D eigenvalue weighted by atomic mass is 19.4. The van der Waals surface area contributed by atoms with Crippen molar-refractivity contribution < 1.29 is 22.7 Å². The van der Waals surface area contributed by atoms with Crippen molar-refractivity contribution in [1.82, 2.24) is 9.80 Å². The molecule has 4 nitrogen and oxygen atoms in total. The van der Waals surface area contributed by atoms with Crippen molar-refractivity contribution in [1.29, 1.82) is 0 Å². The molecule has 1 aliphatic heterocycles. The lowest BCUT2D eigenvalue weighted by Crippen LogP contribution is -2.44. The van der Waals surface area contributed by atoms with E-state index in [1.165, 1.54) is 10.5 Å². The monoisotopic (exact) mass is 386 g/mol. The first-order chi connectivity index (χ1) is 12.8. The Morgan fingerprint density at radius 3 is 2.81 bits per heavy atom. The third-order valence-corrected chi connectivity index (χ3v) is 5.02. The zero-order valence-corrected chi connectivity index (χ0v) is 16.1. The summed E-state index contributed by atoms with van der Waals surface area (Å²) in [6.07, 6.45) is -2.96. The lowest BCUT2D eigenvalue weighted by molar-refractivity contribution is -0.161. The van der Waals surface area contributed by atoms with Crippen LogP contribution in [-0.2, 0) is 11.2 Å². The number of ether oxygens (including phenoxy) is 1. The maximum Gasteiger partial charge on any atom is 0.397 e. The van der Waals surface area contributed by atoms with Crippen molar-refractivity contribution in [2.75, 3.05) is 39.8 Å². The van der Waals surface area contributed by atoms with E-state index in [2.05, 4.69) is 11.0 Å². The molecule has 1 atom stereocenters. The molecule has 1 fully saturated rings. The summed E-state index contributed by atoms with van der Waals surface area (Å²) in [7, 11) is 1.65. The summed E-state index contributed by atoms with van der Waals surface area (Å²) in [4.78, 5) is 15.6. The van der Waals surface area contributed by atoms with Crippen LogP contribution in [-0.4, -0.2) is 61.7 Å². The number of carbonyl (C=O) groups is 1. The van der Waals surface area contributed by atoms with E-state index in [0.717, 1.165) is 44.6 Å². The quantitative estimate of drug-likeness (QED) is 0.682. The highest BCUT2D eigenvalue weighted by Crippen LogP contribution is 2.23. The highest BCUT2D eigenvalue weighted by Gasteiger charge is 2.34. The van der Waals surface area contributed by atoms with Gasteiger partial charge in [-0.3, -0.25) is 4.79 Å². The number of benzene rings is 1. The summed E-state index contributed by atoms with van der Waals surface area (Å²) in [5.41, 5.74) is 1.20. The van der Waals surface area contributed by atoms with Crippen LogP contribution in [0.4, 0.5) is 13.2 Å². The zero-order valence-electron chi connectivity index (χ0n) is 16.1. The summed E-state index contributed by atoms with van der Waals surface area (Å²) >= 11 is 0. The van der Waals surface area contributed by atoms with Crippen LogP contribution in [0.2, 0.25) is 0 Å². The first kappa shape index (κ1) is 21.5. The molecule has 2 rings (SSSR count). The van der Waals surface area contributed by atoms with E-state index in [9.17, 15) is 18.0 Å². The van der Waals surface area contributed by atoms with Crippen molar-refractivity contribution in [3.63, 3.8) is 0 Å². The molecule has 0 N–H and O–H groups in total. The molecule has 7 heteroatoms. The molecule has 1 aliphatic rings. The second kappa shape index (κ2) is 9.97. The van der Waals surface area contributed by atoms with Crippen LogP contribution in [0.25, 0.3) is 0 Å². The van der Waals surface area contributed by atoms with E-state index < -0.39 is 18.5 Å². The van der Waals surface area contributed by atoms with E-state index in [4.69, 9.17) is 4.74 Å². The van der Waals surface area contributed by atoms with E-state index in [-0.39, 0.29) is 5.92 Å². The van der Waals surface area contributed by atoms with Crippen molar-refractivity contribution >= 4 is 5.91 Å². The first-order valence-electron chi connectivity index (χ1n) is 9.50. The molecule has 0 spiro atoms. The third-order valence-electron chi connectivity index (χ3n) is 5.02. The maximum atomic E-state index is 12.5. The number of rotatable bonds is 8. The van der Waals surface area contributed by atoms with Gasteiger partial charge in [0, 0.05) is 26.2 Å². The molecule has 0 bridgehead atoms.